The number of nitrogens with two attached hydrogens (primary N) is 1. The van der Waals surface area contributed by atoms with Crippen LogP contribution < -0.4 is 11.1 Å². The molecule has 0 aliphatic carbocycles. The van der Waals surface area contributed by atoms with Gasteiger partial charge in [0.25, 0.3) is 0 Å². The summed E-state index contributed by atoms with van der Waals surface area (Å²) in [6.45, 7) is 10.2. The molecule has 1 amide bonds. The topological polar surface area (TPSA) is 58.4 Å². The van der Waals surface area contributed by atoms with Gasteiger partial charge in [0.1, 0.15) is 0 Å². The van der Waals surface area contributed by atoms with Gasteiger partial charge < -0.3 is 11.1 Å². The molecule has 1 heterocycles. The van der Waals surface area contributed by atoms with Crippen LogP contribution in [-0.4, -0.2) is 43.0 Å². The Morgan fingerprint density at radius 1 is 1.37 bits per heavy atom. The van der Waals surface area contributed by atoms with Crippen molar-refractivity contribution in [2.24, 2.45) is 17.6 Å². The van der Waals surface area contributed by atoms with Crippen molar-refractivity contribution in [2.75, 3.05) is 26.2 Å². The third-order valence-corrected chi connectivity index (χ3v) is 4.30. The zero-order chi connectivity index (χ0) is 14.3. The summed E-state index contributed by atoms with van der Waals surface area (Å²) in [6, 6.07) is 0.213. The summed E-state index contributed by atoms with van der Waals surface area (Å²) >= 11 is 0. The zero-order valence-corrected chi connectivity index (χ0v) is 12.8. The number of carbonyl (C=O) groups excluding carboxylic acids is 1. The molecule has 112 valence electrons. The van der Waals surface area contributed by atoms with Crippen molar-refractivity contribution in [1.29, 1.82) is 0 Å². The maximum Gasteiger partial charge on any atom is 0.221 e. The summed E-state index contributed by atoms with van der Waals surface area (Å²) in [5.74, 6) is 1.75. The van der Waals surface area contributed by atoms with E-state index in [9.17, 15) is 4.79 Å². The molecule has 1 rings (SSSR count). The number of amides is 1. The first-order chi connectivity index (χ1) is 9.08. The first-order valence-corrected chi connectivity index (χ1v) is 7.79. The fraction of sp³-hybridized carbons (Fsp3) is 0.933. The number of hydrogen-bond donors (Lipinski definition) is 2. The molecule has 0 aromatic rings. The predicted octanol–water partition coefficient (Wildman–Crippen LogP) is 1.60. The Bertz CT molecular complexity index is 260. The molecule has 0 spiro atoms. The lowest BCUT2D eigenvalue weighted by Crippen LogP contribution is -2.47. The molecule has 0 radical (unpaired) electrons. The summed E-state index contributed by atoms with van der Waals surface area (Å²) in [4.78, 5) is 14.2. The van der Waals surface area contributed by atoms with E-state index >= 15 is 0 Å². The highest BCUT2D eigenvalue weighted by molar-refractivity contribution is 5.76. The number of piperidine rings is 1. The van der Waals surface area contributed by atoms with Crippen LogP contribution in [0.2, 0.25) is 0 Å². The second kappa shape index (κ2) is 8.54. The lowest BCUT2D eigenvalue weighted by Gasteiger charge is -2.38. The Labute approximate surface area is 118 Å². The highest BCUT2D eigenvalue weighted by atomic mass is 16.1. The monoisotopic (exact) mass is 269 g/mol. The summed E-state index contributed by atoms with van der Waals surface area (Å²) in [7, 11) is 0. The van der Waals surface area contributed by atoms with Gasteiger partial charge in [0.15, 0.2) is 0 Å². The van der Waals surface area contributed by atoms with Gasteiger partial charge in [-0.25, -0.2) is 0 Å². The van der Waals surface area contributed by atoms with Crippen molar-refractivity contribution in [1.82, 2.24) is 10.2 Å². The highest BCUT2D eigenvalue weighted by Gasteiger charge is 2.26. The minimum absolute atomic E-state index is 0.142. The molecule has 1 atom stereocenters. The lowest BCUT2D eigenvalue weighted by atomic mass is 9.86. The second-order valence-electron chi connectivity index (χ2n) is 6.06. The second-order valence-corrected chi connectivity index (χ2v) is 6.06. The average molecular weight is 269 g/mol. The van der Waals surface area contributed by atoms with Crippen molar-refractivity contribution >= 4 is 5.91 Å². The molecular formula is C15H31N3O. The minimum Gasteiger partial charge on any atom is -0.356 e. The zero-order valence-electron chi connectivity index (χ0n) is 12.8. The van der Waals surface area contributed by atoms with Crippen LogP contribution in [0.1, 0.15) is 46.5 Å². The Morgan fingerprint density at radius 2 is 2.00 bits per heavy atom. The quantitative estimate of drug-likeness (QED) is 0.738. The SMILES string of the molecule is CCCNC(=O)CC(CN)N1CCC(C(C)C)CC1. The van der Waals surface area contributed by atoms with E-state index in [0.717, 1.165) is 37.9 Å². The van der Waals surface area contributed by atoms with Crippen LogP contribution >= 0.6 is 0 Å². The van der Waals surface area contributed by atoms with Crippen LogP contribution in [0.4, 0.5) is 0 Å². The standard InChI is InChI=1S/C15H31N3O/c1-4-7-17-15(19)10-14(11-16)18-8-5-13(6-9-18)12(2)3/h12-14H,4-11,16H2,1-3H3,(H,17,19). The maximum absolute atomic E-state index is 11.8. The van der Waals surface area contributed by atoms with E-state index in [1.807, 2.05) is 0 Å². The number of hydrogen-bond acceptors (Lipinski definition) is 3. The molecule has 1 unspecified atom stereocenters. The van der Waals surface area contributed by atoms with Crippen molar-refractivity contribution in [2.45, 2.75) is 52.5 Å². The molecule has 4 nitrogen and oxygen atoms in total. The summed E-state index contributed by atoms with van der Waals surface area (Å²) < 4.78 is 0. The Morgan fingerprint density at radius 3 is 2.47 bits per heavy atom. The van der Waals surface area contributed by atoms with Crippen LogP contribution in [0.25, 0.3) is 0 Å². The molecule has 1 aliphatic heterocycles. The molecule has 4 heteroatoms. The summed E-state index contributed by atoms with van der Waals surface area (Å²) in [5.41, 5.74) is 5.85. The van der Waals surface area contributed by atoms with Gasteiger partial charge in [-0.05, 0) is 44.2 Å². The van der Waals surface area contributed by atoms with E-state index in [1.54, 1.807) is 0 Å². The molecular weight excluding hydrogens is 238 g/mol. The summed E-state index contributed by atoms with van der Waals surface area (Å²) in [5, 5.41) is 2.94. The normalized spacial score (nSPS) is 19.6. The molecule has 0 aromatic heterocycles. The van der Waals surface area contributed by atoms with Gasteiger partial charge in [-0.3, -0.25) is 9.69 Å². The van der Waals surface area contributed by atoms with Gasteiger partial charge in [-0.1, -0.05) is 20.8 Å². The molecule has 0 bridgehead atoms. The number of likely N-dealkylation sites (tertiary alicyclic amines) is 1. The minimum atomic E-state index is 0.142. The number of nitrogens with one attached hydrogen (secondary N) is 1. The van der Waals surface area contributed by atoms with E-state index < -0.39 is 0 Å². The van der Waals surface area contributed by atoms with Crippen LogP contribution in [-0.2, 0) is 4.79 Å². The molecule has 0 aromatic carbocycles. The van der Waals surface area contributed by atoms with Crippen molar-refractivity contribution in [3.05, 3.63) is 0 Å². The van der Waals surface area contributed by atoms with Gasteiger partial charge in [0.05, 0.1) is 0 Å². The van der Waals surface area contributed by atoms with Gasteiger partial charge >= 0.3 is 0 Å². The first kappa shape index (κ1) is 16.4. The van der Waals surface area contributed by atoms with E-state index in [4.69, 9.17) is 5.73 Å². The molecule has 1 saturated heterocycles. The summed E-state index contributed by atoms with van der Waals surface area (Å²) in [6.07, 6.45) is 4.01. The van der Waals surface area contributed by atoms with Crippen molar-refractivity contribution in [3.8, 4) is 0 Å². The Balaban J connectivity index is 2.37. The molecule has 3 N–H and O–H groups in total. The number of nitrogens with zero attached hydrogens (tertiary/aromatic N) is 1. The van der Waals surface area contributed by atoms with Gasteiger partial charge in [-0.15, -0.1) is 0 Å². The van der Waals surface area contributed by atoms with Crippen LogP contribution in [0.3, 0.4) is 0 Å². The van der Waals surface area contributed by atoms with Crippen LogP contribution in [0, 0.1) is 11.8 Å². The average Bonchev–Trinajstić information content (AvgIpc) is 2.42. The van der Waals surface area contributed by atoms with Crippen LogP contribution in [0.15, 0.2) is 0 Å². The molecule has 1 fully saturated rings. The smallest absolute Gasteiger partial charge is 0.221 e. The Kier molecular flexibility index (Phi) is 7.39. The van der Waals surface area contributed by atoms with E-state index in [0.29, 0.717) is 13.0 Å². The lowest BCUT2D eigenvalue weighted by molar-refractivity contribution is -0.122. The highest BCUT2D eigenvalue weighted by Crippen LogP contribution is 2.25. The molecule has 19 heavy (non-hydrogen) atoms. The third-order valence-electron chi connectivity index (χ3n) is 4.30. The van der Waals surface area contributed by atoms with Crippen molar-refractivity contribution in [3.63, 3.8) is 0 Å². The van der Waals surface area contributed by atoms with E-state index in [1.165, 1.54) is 12.8 Å². The predicted molar refractivity (Wildman–Crippen MR) is 79.9 cm³/mol. The van der Waals surface area contributed by atoms with E-state index in [-0.39, 0.29) is 11.9 Å². The number of carbonyl (C=O) groups is 1. The van der Waals surface area contributed by atoms with Gasteiger partial charge in [0.2, 0.25) is 5.91 Å². The third kappa shape index (κ3) is 5.49. The van der Waals surface area contributed by atoms with E-state index in [2.05, 4.69) is 31.0 Å². The Hall–Kier alpha value is -0.610. The fourth-order valence-electron chi connectivity index (χ4n) is 2.86. The molecule has 0 saturated carbocycles. The fourth-order valence-corrected chi connectivity index (χ4v) is 2.86. The largest absolute Gasteiger partial charge is 0.356 e. The van der Waals surface area contributed by atoms with Gasteiger partial charge in [0, 0.05) is 25.6 Å². The molecule has 1 aliphatic rings. The number of rotatable bonds is 7. The van der Waals surface area contributed by atoms with Crippen LogP contribution in [0.5, 0.6) is 0 Å². The maximum atomic E-state index is 11.8. The van der Waals surface area contributed by atoms with Crippen molar-refractivity contribution < 1.29 is 4.79 Å². The first-order valence-electron chi connectivity index (χ1n) is 7.79. The van der Waals surface area contributed by atoms with Gasteiger partial charge in [-0.2, -0.15) is 0 Å².